The Morgan fingerprint density at radius 3 is 2.74 bits per heavy atom. The van der Waals surface area contributed by atoms with Gasteiger partial charge in [0.1, 0.15) is 17.0 Å². The number of aromatic nitrogens is 2. The summed E-state index contributed by atoms with van der Waals surface area (Å²) in [6.07, 6.45) is 1.44. The van der Waals surface area contributed by atoms with Gasteiger partial charge in [-0.25, -0.2) is 0 Å². The lowest BCUT2D eigenvalue weighted by molar-refractivity contribution is 0.604. The van der Waals surface area contributed by atoms with E-state index < -0.39 is 0 Å². The number of aryl methyl sites for hydroxylation is 2. The van der Waals surface area contributed by atoms with Crippen molar-refractivity contribution in [2.75, 3.05) is 0 Å². The van der Waals surface area contributed by atoms with Crippen molar-refractivity contribution in [1.29, 1.82) is 0 Å². The van der Waals surface area contributed by atoms with E-state index in [2.05, 4.69) is 5.10 Å². The highest BCUT2D eigenvalue weighted by molar-refractivity contribution is 6.32. The maximum absolute atomic E-state index is 12.5. The van der Waals surface area contributed by atoms with Gasteiger partial charge in [0.15, 0.2) is 0 Å². The molecule has 3 rings (SSSR count). The van der Waals surface area contributed by atoms with Crippen molar-refractivity contribution in [3.05, 3.63) is 51.6 Å². The number of halogens is 1. The van der Waals surface area contributed by atoms with Crippen LogP contribution in [0.2, 0.25) is 5.15 Å². The molecule has 0 aliphatic rings. The minimum absolute atomic E-state index is 0.0974. The quantitative estimate of drug-likeness (QED) is 0.685. The lowest BCUT2D eigenvalue weighted by atomic mass is 10.1. The minimum atomic E-state index is -0.0974. The van der Waals surface area contributed by atoms with Crippen LogP contribution in [0.1, 0.15) is 5.69 Å². The van der Waals surface area contributed by atoms with Crippen molar-refractivity contribution in [3.63, 3.8) is 0 Å². The molecule has 0 N–H and O–H groups in total. The molecule has 1 aromatic carbocycles. The molecule has 96 valence electrons. The Labute approximate surface area is 114 Å². The molecule has 0 aliphatic carbocycles. The summed E-state index contributed by atoms with van der Waals surface area (Å²) in [6.45, 7) is 1.82. The first-order valence-electron chi connectivity index (χ1n) is 5.79. The third kappa shape index (κ3) is 1.76. The molecule has 0 saturated carbocycles. The SMILES string of the molecule is Cc1nn(C)c(Cl)c1-c1coc2ccccc2c1=O. The van der Waals surface area contributed by atoms with E-state index in [0.29, 0.717) is 32.9 Å². The molecule has 5 heteroatoms. The van der Waals surface area contributed by atoms with Crippen LogP contribution in [-0.4, -0.2) is 9.78 Å². The molecule has 2 heterocycles. The molecular weight excluding hydrogens is 264 g/mol. The van der Waals surface area contributed by atoms with E-state index in [4.69, 9.17) is 16.0 Å². The van der Waals surface area contributed by atoms with E-state index in [-0.39, 0.29) is 5.43 Å². The monoisotopic (exact) mass is 274 g/mol. The predicted octanol–water partition coefficient (Wildman–Crippen LogP) is 3.16. The summed E-state index contributed by atoms with van der Waals surface area (Å²) in [5.74, 6) is 0. The average molecular weight is 275 g/mol. The topological polar surface area (TPSA) is 48.0 Å². The van der Waals surface area contributed by atoms with E-state index in [1.165, 1.54) is 6.26 Å². The lowest BCUT2D eigenvalue weighted by Crippen LogP contribution is -2.05. The van der Waals surface area contributed by atoms with Crippen LogP contribution in [0.15, 0.2) is 39.7 Å². The first kappa shape index (κ1) is 12.0. The summed E-state index contributed by atoms with van der Waals surface area (Å²) in [7, 11) is 1.74. The molecule has 0 spiro atoms. The van der Waals surface area contributed by atoms with Crippen LogP contribution < -0.4 is 5.43 Å². The van der Waals surface area contributed by atoms with Crippen LogP contribution in [0.25, 0.3) is 22.1 Å². The van der Waals surface area contributed by atoms with Crippen LogP contribution in [-0.2, 0) is 7.05 Å². The first-order chi connectivity index (χ1) is 9.09. The molecule has 19 heavy (non-hydrogen) atoms. The molecule has 0 atom stereocenters. The zero-order chi connectivity index (χ0) is 13.6. The third-order valence-electron chi connectivity index (χ3n) is 3.10. The second kappa shape index (κ2) is 4.24. The predicted molar refractivity (Wildman–Crippen MR) is 74.4 cm³/mol. The summed E-state index contributed by atoms with van der Waals surface area (Å²) in [5.41, 5.74) is 2.24. The highest BCUT2D eigenvalue weighted by Gasteiger charge is 2.18. The summed E-state index contributed by atoms with van der Waals surface area (Å²) in [5, 5.41) is 5.18. The third-order valence-corrected chi connectivity index (χ3v) is 3.54. The maximum atomic E-state index is 12.5. The molecule has 2 aromatic heterocycles. The molecular formula is C14H11ClN2O2. The van der Waals surface area contributed by atoms with Crippen molar-refractivity contribution in [2.24, 2.45) is 7.05 Å². The first-order valence-corrected chi connectivity index (χ1v) is 6.17. The van der Waals surface area contributed by atoms with Crippen LogP contribution in [0, 0.1) is 6.92 Å². The van der Waals surface area contributed by atoms with Crippen LogP contribution >= 0.6 is 11.6 Å². The van der Waals surface area contributed by atoms with E-state index in [0.717, 1.165) is 0 Å². The molecule has 0 radical (unpaired) electrons. The number of benzene rings is 1. The fourth-order valence-electron chi connectivity index (χ4n) is 2.19. The van der Waals surface area contributed by atoms with Crippen LogP contribution in [0.4, 0.5) is 0 Å². The van der Waals surface area contributed by atoms with Crippen molar-refractivity contribution in [2.45, 2.75) is 6.92 Å². The van der Waals surface area contributed by atoms with E-state index in [1.807, 2.05) is 13.0 Å². The summed E-state index contributed by atoms with van der Waals surface area (Å²) in [6, 6.07) is 7.14. The van der Waals surface area contributed by atoms with Crippen molar-refractivity contribution < 1.29 is 4.42 Å². The van der Waals surface area contributed by atoms with Gasteiger partial charge in [-0.3, -0.25) is 9.48 Å². The van der Waals surface area contributed by atoms with Gasteiger partial charge in [-0.2, -0.15) is 5.10 Å². The van der Waals surface area contributed by atoms with Crippen molar-refractivity contribution >= 4 is 22.6 Å². The highest BCUT2D eigenvalue weighted by Crippen LogP contribution is 2.29. The molecule has 0 fully saturated rings. The van der Waals surface area contributed by atoms with Gasteiger partial charge >= 0.3 is 0 Å². The maximum Gasteiger partial charge on any atom is 0.200 e. The molecule has 0 amide bonds. The number of fused-ring (bicyclic) bond motifs is 1. The van der Waals surface area contributed by atoms with E-state index >= 15 is 0 Å². The Morgan fingerprint density at radius 2 is 2.05 bits per heavy atom. The Hall–Kier alpha value is -2.07. The zero-order valence-electron chi connectivity index (χ0n) is 10.5. The van der Waals surface area contributed by atoms with Crippen LogP contribution in [0.3, 0.4) is 0 Å². The number of rotatable bonds is 1. The lowest BCUT2D eigenvalue weighted by Gasteiger charge is -2.02. The van der Waals surface area contributed by atoms with Crippen molar-refractivity contribution in [1.82, 2.24) is 9.78 Å². The Kier molecular flexibility index (Phi) is 2.68. The molecule has 0 saturated heterocycles. The Bertz CT molecular complexity index is 833. The van der Waals surface area contributed by atoms with Crippen molar-refractivity contribution in [3.8, 4) is 11.1 Å². The van der Waals surface area contributed by atoms with E-state index in [1.54, 1.807) is 29.9 Å². The highest BCUT2D eigenvalue weighted by atomic mass is 35.5. The standard InChI is InChI=1S/C14H11ClN2O2/c1-8-12(14(15)17(2)16-8)10-7-19-11-6-4-3-5-9(11)13(10)18/h3-7H,1-2H3. The smallest absolute Gasteiger partial charge is 0.200 e. The van der Waals surface area contributed by atoms with Gasteiger partial charge in [-0.15, -0.1) is 0 Å². The average Bonchev–Trinajstić information content (AvgIpc) is 2.65. The van der Waals surface area contributed by atoms with Gasteiger partial charge in [0.05, 0.1) is 16.6 Å². The second-order valence-corrected chi connectivity index (χ2v) is 4.71. The Balaban J connectivity index is 2.38. The van der Waals surface area contributed by atoms with Gasteiger partial charge in [0.2, 0.25) is 5.43 Å². The Morgan fingerprint density at radius 1 is 1.32 bits per heavy atom. The fourth-order valence-corrected chi connectivity index (χ4v) is 2.46. The normalized spacial score (nSPS) is 11.1. The van der Waals surface area contributed by atoms with Gasteiger partial charge in [-0.05, 0) is 19.1 Å². The number of hydrogen-bond acceptors (Lipinski definition) is 3. The molecule has 0 bridgehead atoms. The molecule has 0 unspecified atom stereocenters. The van der Waals surface area contributed by atoms with E-state index in [9.17, 15) is 4.79 Å². The van der Waals surface area contributed by atoms with Crippen LogP contribution in [0.5, 0.6) is 0 Å². The summed E-state index contributed by atoms with van der Waals surface area (Å²) < 4.78 is 7.04. The van der Waals surface area contributed by atoms with Gasteiger partial charge in [0.25, 0.3) is 0 Å². The zero-order valence-corrected chi connectivity index (χ0v) is 11.2. The summed E-state index contributed by atoms with van der Waals surface area (Å²) in [4.78, 5) is 12.5. The largest absolute Gasteiger partial charge is 0.463 e. The molecule has 4 nitrogen and oxygen atoms in total. The number of hydrogen-bond donors (Lipinski definition) is 0. The summed E-state index contributed by atoms with van der Waals surface area (Å²) >= 11 is 6.19. The fraction of sp³-hybridized carbons (Fsp3) is 0.143. The number of para-hydroxylation sites is 1. The number of nitrogens with zero attached hydrogens (tertiary/aromatic N) is 2. The molecule has 3 aromatic rings. The minimum Gasteiger partial charge on any atom is -0.463 e. The second-order valence-electron chi connectivity index (χ2n) is 4.35. The van der Waals surface area contributed by atoms with Gasteiger partial charge in [0, 0.05) is 12.6 Å². The van der Waals surface area contributed by atoms with Gasteiger partial charge < -0.3 is 4.42 Å². The molecule has 0 aliphatic heterocycles. The van der Waals surface area contributed by atoms with Gasteiger partial charge in [-0.1, -0.05) is 23.7 Å².